The molecule has 1 aromatic carbocycles. The van der Waals surface area contributed by atoms with Crippen molar-refractivity contribution in [2.24, 2.45) is 0 Å². The summed E-state index contributed by atoms with van der Waals surface area (Å²) in [6.45, 7) is 7.19. The second-order valence-electron chi connectivity index (χ2n) is 5.46. The third kappa shape index (κ3) is 5.24. The van der Waals surface area contributed by atoms with Crippen LogP contribution in [0.25, 0.3) is 0 Å². The van der Waals surface area contributed by atoms with Crippen LogP contribution in [0.5, 0.6) is 0 Å². The zero-order valence-electron chi connectivity index (χ0n) is 13.3. The molecule has 0 aliphatic heterocycles. The van der Waals surface area contributed by atoms with Gasteiger partial charge in [0, 0.05) is 19.3 Å². The van der Waals surface area contributed by atoms with Crippen LogP contribution in [0.15, 0.2) is 18.2 Å². The molecule has 0 saturated heterocycles. The molecule has 1 N–H and O–H groups in total. The molecule has 1 aromatic rings. The average Bonchev–Trinajstić information content (AvgIpc) is 2.44. The molecule has 3 heteroatoms. The Morgan fingerprint density at radius 2 is 1.90 bits per heavy atom. The smallest absolute Gasteiger partial charge is 0.321 e. The predicted molar refractivity (Wildman–Crippen MR) is 86.3 cm³/mol. The largest absolute Gasteiger partial charge is 0.328 e. The van der Waals surface area contributed by atoms with E-state index in [1.165, 1.54) is 18.4 Å². The first-order chi connectivity index (χ1) is 9.58. The van der Waals surface area contributed by atoms with Crippen molar-refractivity contribution in [3.63, 3.8) is 0 Å². The van der Waals surface area contributed by atoms with Crippen molar-refractivity contribution in [1.82, 2.24) is 4.90 Å². The molecule has 112 valence electrons. The molecule has 0 fully saturated rings. The Bertz CT molecular complexity index is 429. The van der Waals surface area contributed by atoms with Crippen molar-refractivity contribution >= 4 is 11.7 Å². The van der Waals surface area contributed by atoms with Gasteiger partial charge in [-0.2, -0.15) is 0 Å². The molecule has 0 atom stereocenters. The number of hydrogen-bond donors (Lipinski definition) is 1. The Hall–Kier alpha value is -1.51. The monoisotopic (exact) mass is 276 g/mol. The summed E-state index contributed by atoms with van der Waals surface area (Å²) in [4.78, 5) is 13.8. The van der Waals surface area contributed by atoms with E-state index in [1.54, 1.807) is 4.90 Å². The lowest BCUT2D eigenvalue weighted by atomic mass is 10.0. The number of unbranched alkanes of at least 4 members (excludes halogenated alkanes) is 2. The molecule has 1 rings (SSSR count). The second kappa shape index (κ2) is 8.62. The summed E-state index contributed by atoms with van der Waals surface area (Å²) in [6, 6.07) is 6.29. The number of carbonyl (C=O) groups is 1. The summed E-state index contributed by atoms with van der Waals surface area (Å²) >= 11 is 0. The van der Waals surface area contributed by atoms with Crippen LogP contribution in [0, 0.1) is 6.92 Å². The van der Waals surface area contributed by atoms with E-state index in [0.717, 1.165) is 37.1 Å². The summed E-state index contributed by atoms with van der Waals surface area (Å²) in [6.07, 6.45) is 5.67. The third-order valence-electron chi connectivity index (χ3n) is 3.55. The van der Waals surface area contributed by atoms with Gasteiger partial charge < -0.3 is 10.2 Å². The van der Waals surface area contributed by atoms with Crippen molar-refractivity contribution < 1.29 is 4.79 Å². The maximum Gasteiger partial charge on any atom is 0.321 e. The van der Waals surface area contributed by atoms with Crippen LogP contribution in [0.1, 0.15) is 50.7 Å². The van der Waals surface area contributed by atoms with E-state index in [-0.39, 0.29) is 6.03 Å². The lowest BCUT2D eigenvalue weighted by Gasteiger charge is -2.18. The summed E-state index contributed by atoms with van der Waals surface area (Å²) in [7, 11) is 1.84. The minimum atomic E-state index is -0.0251. The Kier molecular flexibility index (Phi) is 7.13. The van der Waals surface area contributed by atoms with E-state index in [4.69, 9.17) is 0 Å². The Morgan fingerprint density at radius 1 is 1.20 bits per heavy atom. The molecule has 0 unspecified atom stereocenters. The van der Waals surface area contributed by atoms with Crippen LogP contribution in [0.3, 0.4) is 0 Å². The number of nitrogens with one attached hydrogen (secondary N) is 1. The summed E-state index contributed by atoms with van der Waals surface area (Å²) in [5.41, 5.74) is 3.40. The van der Waals surface area contributed by atoms with Gasteiger partial charge >= 0.3 is 6.03 Å². The molecule has 0 heterocycles. The topological polar surface area (TPSA) is 32.3 Å². The fourth-order valence-corrected chi connectivity index (χ4v) is 2.11. The lowest BCUT2D eigenvalue weighted by Crippen LogP contribution is -2.32. The lowest BCUT2D eigenvalue weighted by molar-refractivity contribution is 0.222. The highest BCUT2D eigenvalue weighted by Crippen LogP contribution is 2.18. The van der Waals surface area contributed by atoms with Gasteiger partial charge in [-0.25, -0.2) is 4.79 Å². The first-order valence-corrected chi connectivity index (χ1v) is 7.70. The molecular formula is C17H28N2O. The van der Waals surface area contributed by atoms with E-state index >= 15 is 0 Å². The van der Waals surface area contributed by atoms with Crippen LogP contribution in [-0.2, 0) is 6.42 Å². The van der Waals surface area contributed by atoms with Gasteiger partial charge in [0.25, 0.3) is 0 Å². The number of nitrogens with zero attached hydrogens (tertiary/aromatic N) is 1. The van der Waals surface area contributed by atoms with Crippen molar-refractivity contribution in [2.75, 3.05) is 18.9 Å². The van der Waals surface area contributed by atoms with Crippen molar-refractivity contribution in [1.29, 1.82) is 0 Å². The minimum Gasteiger partial charge on any atom is -0.328 e. The van der Waals surface area contributed by atoms with Crippen LogP contribution in [-0.4, -0.2) is 24.5 Å². The van der Waals surface area contributed by atoms with Crippen LogP contribution >= 0.6 is 0 Å². The third-order valence-corrected chi connectivity index (χ3v) is 3.55. The zero-order valence-corrected chi connectivity index (χ0v) is 13.3. The predicted octanol–water partition coefficient (Wildman–Crippen LogP) is 4.60. The van der Waals surface area contributed by atoms with Gasteiger partial charge in [0.15, 0.2) is 0 Å². The van der Waals surface area contributed by atoms with Gasteiger partial charge in [0.2, 0.25) is 0 Å². The normalized spacial score (nSPS) is 10.4. The minimum absolute atomic E-state index is 0.0251. The number of carbonyl (C=O) groups excluding carboxylic acids is 1. The Morgan fingerprint density at radius 3 is 2.50 bits per heavy atom. The Balaban J connectivity index is 2.61. The molecule has 3 nitrogen and oxygen atoms in total. The first kappa shape index (κ1) is 16.5. The molecule has 0 saturated carbocycles. The highest BCUT2D eigenvalue weighted by atomic mass is 16.2. The van der Waals surface area contributed by atoms with Gasteiger partial charge in [-0.15, -0.1) is 0 Å². The van der Waals surface area contributed by atoms with Crippen molar-refractivity contribution in [3.8, 4) is 0 Å². The van der Waals surface area contributed by atoms with Crippen molar-refractivity contribution in [3.05, 3.63) is 29.3 Å². The Labute approximate surface area is 123 Å². The number of urea groups is 1. The number of rotatable bonds is 7. The first-order valence-electron chi connectivity index (χ1n) is 7.70. The molecule has 0 aromatic heterocycles. The second-order valence-corrected chi connectivity index (χ2v) is 5.46. The summed E-state index contributed by atoms with van der Waals surface area (Å²) in [5, 5.41) is 2.99. The number of amides is 2. The SMILES string of the molecule is CCCCc1ccc(NC(=O)N(C)CCCC)c(C)c1. The molecular weight excluding hydrogens is 248 g/mol. The van der Waals surface area contributed by atoms with E-state index < -0.39 is 0 Å². The van der Waals surface area contributed by atoms with Crippen LogP contribution in [0.4, 0.5) is 10.5 Å². The zero-order chi connectivity index (χ0) is 15.0. The van der Waals surface area contributed by atoms with Gasteiger partial charge in [-0.3, -0.25) is 0 Å². The molecule has 0 bridgehead atoms. The van der Waals surface area contributed by atoms with Gasteiger partial charge in [0.05, 0.1) is 0 Å². The molecule has 0 aliphatic rings. The van der Waals surface area contributed by atoms with Crippen molar-refractivity contribution in [2.45, 2.75) is 52.9 Å². The maximum atomic E-state index is 12.0. The fourth-order valence-electron chi connectivity index (χ4n) is 2.11. The van der Waals surface area contributed by atoms with E-state index in [0.29, 0.717) is 0 Å². The van der Waals surface area contributed by atoms with E-state index in [2.05, 4.69) is 38.2 Å². The standard InChI is InChI=1S/C17H28N2O/c1-5-7-9-15-10-11-16(14(3)13-15)18-17(20)19(4)12-8-6-2/h10-11,13H,5-9,12H2,1-4H3,(H,18,20). The highest BCUT2D eigenvalue weighted by molar-refractivity contribution is 5.90. The summed E-state index contributed by atoms with van der Waals surface area (Å²) in [5.74, 6) is 0. The molecule has 0 radical (unpaired) electrons. The fraction of sp³-hybridized carbons (Fsp3) is 0.588. The van der Waals surface area contributed by atoms with E-state index in [9.17, 15) is 4.79 Å². The maximum absolute atomic E-state index is 12.0. The number of aryl methyl sites for hydroxylation is 2. The summed E-state index contributed by atoms with van der Waals surface area (Å²) < 4.78 is 0. The van der Waals surface area contributed by atoms with Crippen LogP contribution in [0.2, 0.25) is 0 Å². The number of hydrogen-bond acceptors (Lipinski definition) is 1. The quantitative estimate of drug-likeness (QED) is 0.775. The molecule has 0 aliphatic carbocycles. The number of benzene rings is 1. The van der Waals surface area contributed by atoms with Gasteiger partial charge in [-0.05, 0) is 43.4 Å². The highest BCUT2D eigenvalue weighted by Gasteiger charge is 2.09. The number of anilines is 1. The molecule has 2 amide bonds. The van der Waals surface area contributed by atoms with Crippen LogP contribution < -0.4 is 5.32 Å². The molecule has 20 heavy (non-hydrogen) atoms. The average molecular weight is 276 g/mol. The van der Waals surface area contributed by atoms with Gasteiger partial charge in [0.1, 0.15) is 0 Å². The van der Waals surface area contributed by atoms with Gasteiger partial charge in [-0.1, -0.05) is 38.8 Å². The van der Waals surface area contributed by atoms with E-state index in [1.807, 2.05) is 13.1 Å². The molecule has 0 spiro atoms.